The van der Waals surface area contributed by atoms with Crippen LogP contribution in [0, 0.1) is 0 Å². The molecule has 3 aromatic rings. The fraction of sp³-hybridized carbons (Fsp3) is 0.324. The number of hydrogen-bond donors (Lipinski definition) is 0. The van der Waals surface area contributed by atoms with Gasteiger partial charge in [0.1, 0.15) is 0 Å². The molecular formula is C34H42Cl2Zr. The molecule has 0 spiro atoms. The van der Waals surface area contributed by atoms with Crippen LogP contribution in [0.5, 0.6) is 0 Å². The first kappa shape index (κ1) is 30.0. The molecule has 196 valence electrons. The van der Waals surface area contributed by atoms with Crippen LogP contribution in [0.2, 0.25) is 4.63 Å². The molecule has 0 heterocycles. The van der Waals surface area contributed by atoms with E-state index in [9.17, 15) is 0 Å². The maximum absolute atomic E-state index is 5.35. The summed E-state index contributed by atoms with van der Waals surface area (Å²) >= 11 is -4.09. The topological polar surface area (TPSA) is 0 Å². The number of hydrogen-bond acceptors (Lipinski definition) is 0. The average molecular weight is 613 g/mol. The molecule has 3 aromatic carbocycles. The summed E-state index contributed by atoms with van der Waals surface area (Å²) in [6.45, 7) is 14.0. The first-order valence-corrected chi connectivity index (χ1v) is 21.0. The van der Waals surface area contributed by atoms with E-state index in [1.807, 2.05) is 0 Å². The van der Waals surface area contributed by atoms with E-state index in [2.05, 4.69) is 125 Å². The van der Waals surface area contributed by atoms with Gasteiger partial charge in [-0.15, -0.1) is 24.8 Å². The number of benzene rings is 3. The molecule has 2 aliphatic carbocycles. The van der Waals surface area contributed by atoms with Crippen molar-refractivity contribution in [3.63, 3.8) is 0 Å². The van der Waals surface area contributed by atoms with Crippen LogP contribution in [0.4, 0.5) is 0 Å². The van der Waals surface area contributed by atoms with Gasteiger partial charge in [0.25, 0.3) is 0 Å². The molecule has 37 heavy (non-hydrogen) atoms. The third kappa shape index (κ3) is 4.86. The van der Waals surface area contributed by atoms with Gasteiger partial charge in [-0.2, -0.15) is 0 Å². The zero-order chi connectivity index (χ0) is 25.2. The van der Waals surface area contributed by atoms with Crippen LogP contribution in [0.3, 0.4) is 0 Å². The molecule has 0 unspecified atom stereocenters. The van der Waals surface area contributed by atoms with E-state index in [1.165, 1.54) is 36.7 Å². The number of allylic oxidation sites excluding steroid dienone is 4. The van der Waals surface area contributed by atoms with E-state index in [0.29, 0.717) is 0 Å². The van der Waals surface area contributed by atoms with Crippen molar-refractivity contribution in [2.24, 2.45) is 0 Å². The summed E-state index contributed by atoms with van der Waals surface area (Å²) in [5.41, 5.74) is 8.90. The molecule has 5 rings (SSSR count). The fourth-order valence-electron chi connectivity index (χ4n) is 6.13. The van der Waals surface area contributed by atoms with Crippen molar-refractivity contribution in [1.82, 2.24) is 0 Å². The molecule has 0 bridgehead atoms. The Morgan fingerprint density at radius 3 is 1.95 bits per heavy atom. The van der Waals surface area contributed by atoms with Crippen LogP contribution in [0.15, 0.2) is 82.2 Å². The van der Waals surface area contributed by atoms with Gasteiger partial charge in [0.2, 0.25) is 0 Å². The fourth-order valence-corrected chi connectivity index (χ4v) is 18.2. The van der Waals surface area contributed by atoms with Crippen LogP contribution in [-0.2, 0) is 35.5 Å². The molecule has 0 aliphatic heterocycles. The molecule has 0 N–H and O–H groups in total. The molecule has 0 saturated heterocycles. The van der Waals surface area contributed by atoms with Gasteiger partial charge in [-0.3, -0.25) is 0 Å². The molecule has 2 aliphatic rings. The Labute approximate surface area is 237 Å². The van der Waals surface area contributed by atoms with Gasteiger partial charge in [0.15, 0.2) is 0 Å². The van der Waals surface area contributed by atoms with Crippen LogP contribution in [0.25, 0.3) is 11.1 Å². The zero-order valence-corrected chi connectivity index (χ0v) is 27.5. The molecule has 0 radical (unpaired) electrons. The Bertz CT molecular complexity index is 1460. The summed E-state index contributed by atoms with van der Waals surface area (Å²) in [7, 11) is 0. The summed E-state index contributed by atoms with van der Waals surface area (Å²) < 4.78 is 12.5. The van der Waals surface area contributed by atoms with Crippen LogP contribution >= 0.6 is 24.8 Å². The SMILES string of the molecule is Cl.Cl.[CH2]=[Zr]([CH3])([C]1=CC=CC1)([c]1ccccc1)[c]1cc(C(C)(C)C)cc2c1Cc1ccc(C(C)(C)C)cc1-2. The normalized spacial score (nSPS) is 14.9. The Balaban J connectivity index is 0.00000190. The molecule has 3 heteroatoms. The summed E-state index contributed by atoms with van der Waals surface area (Å²) in [6, 6.07) is 23.5. The van der Waals surface area contributed by atoms with Crippen molar-refractivity contribution < 1.29 is 18.3 Å². The minimum atomic E-state index is -4.09. The van der Waals surface area contributed by atoms with Gasteiger partial charge in [0, 0.05) is 0 Å². The molecule has 0 saturated carbocycles. The van der Waals surface area contributed by atoms with E-state index in [-0.39, 0.29) is 35.6 Å². The van der Waals surface area contributed by atoms with Crippen molar-refractivity contribution in [1.29, 1.82) is 0 Å². The monoisotopic (exact) mass is 610 g/mol. The number of fused-ring (bicyclic) bond motifs is 3. The van der Waals surface area contributed by atoms with Crippen molar-refractivity contribution in [3.05, 3.63) is 104 Å². The Hall–Kier alpha value is -1.53. The van der Waals surface area contributed by atoms with E-state index in [4.69, 9.17) is 4.21 Å². The quantitative estimate of drug-likeness (QED) is 0.217. The van der Waals surface area contributed by atoms with E-state index < -0.39 is 18.3 Å². The minimum absolute atomic E-state index is 0. The van der Waals surface area contributed by atoms with Gasteiger partial charge in [0.05, 0.1) is 0 Å². The van der Waals surface area contributed by atoms with E-state index in [0.717, 1.165) is 12.8 Å². The van der Waals surface area contributed by atoms with Crippen molar-refractivity contribution in [3.8, 4) is 11.1 Å². The molecule has 0 atom stereocenters. The summed E-state index contributed by atoms with van der Waals surface area (Å²) in [6.07, 6.45) is 8.99. The summed E-state index contributed by atoms with van der Waals surface area (Å²) in [5, 5.41) is 0. The predicted molar refractivity (Wildman–Crippen MR) is 167 cm³/mol. The average Bonchev–Trinajstić information content (AvgIpc) is 3.46. The molecule has 0 fully saturated rings. The maximum atomic E-state index is 5.35. The van der Waals surface area contributed by atoms with Crippen LogP contribution < -0.4 is 6.54 Å². The standard InChI is InChI=1S/C21H25.C6H5.C5H5.CH3.CH2.2ClH.Zr/c1-20(2,3)16-9-7-14-11-15-8-10-17(21(4,5)6)13-19(15)18(14)12-16;1-2-4-6-5-3-1;1-2-4-5-3-1;;;;;/h7,9-10,12-13H,11H2,1-6H3;1-5H;1-3H,4H2;1H3;1H2;2*1H;. The van der Waals surface area contributed by atoms with Gasteiger partial charge >= 0.3 is 214 Å². The summed E-state index contributed by atoms with van der Waals surface area (Å²) in [5.74, 6) is 0. The number of halogens is 2. The third-order valence-electron chi connectivity index (χ3n) is 8.67. The van der Waals surface area contributed by atoms with Gasteiger partial charge in [-0.1, -0.05) is 0 Å². The Morgan fingerprint density at radius 2 is 1.38 bits per heavy atom. The molecule has 0 amide bonds. The second-order valence-electron chi connectivity index (χ2n) is 13.3. The summed E-state index contributed by atoms with van der Waals surface area (Å²) in [4.78, 5) is 0. The second-order valence-corrected chi connectivity index (χ2v) is 27.5. The van der Waals surface area contributed by atoms with Crippen LogP contribution in [0.1, 0.15) is 70.2 Å². The van der Waals surface area contributed by atoms with Gasteiger partial charge in [-0.25, -0.2) is 0 Å². The zero-order valence-electron chi connectivity index (χ0n) is 23.4. The predicted octanol–water partition coefficient (Wildman–Crippen LogP) is 8.66. The van der Waals surface area contributed by atoms with Gasteiger partial charge in [-0.05, 0) is 0 Å². The molecule has 0 aromatic heterocycles. The van der Waals surface area contributed by atoms with Crippen LogP contribution in [-0.4, -0.2) is 4.21 Å². The Morgan fingerprint density at radius 1 is 0.757 bits per heavy atom. The molecular weight excluding hydrogens is 571 g/mol. The Kier molecular flexibility index (Phi) is 8.03. The first-order valence-electron chi connectivity index (χ1n) is 13.1. The number of rotatable bonds is 3. The van der Waals surface area contributed by atoms with E-state index in [1.54, 1.807) is 6.55 Å². The second kappa shape index (κ2) is 9.90. The van der Waals surface area contributed by atoms with Gasteiger partial charge < -0.3 is 0 Å². The first-order chi connectivity index (χ1) is 16.3. The van der Waals surface area contributed by atoms with Crippen molar-refractivity contribution >= 4 is 35.6 Å². The van der Waals surface area contributed by atoms with E-state index >= 15 is 0 Å². The molecule has 0 nitrogen and oxygen atoms in total. The van der Waals surface area contributed by atoms with Crippen molar-refractivity contribution in [2.45, 2.75) is 69.8 Å². The third-order valence-corrected chi connectivity index (χ3v) is 23.2. The van der Waals surface area contributed by atoms with Crippen molar-refractivity contribution in [2.75, 3.05) is 0 Å².